The molecular weight excluding hydrogens is 294 g/mol. The van der Waals surface area contributed by atoms with Crippen molar-refractivity contribution in [2.24, 2.45) is 0 Å². The van der Waals surface area contributed by atoms with Crippen molar-refractivity contribution in [2.75, 3.05) is 6.54 Å². The molecule has 7 nitrogen and oxygen atoms in total. The lowest BCUT2D eigenvalue weighted by Crippen LogP contribution is -2.52. The second-order valence-corrected chi connectivity index (χ2v) is 5.37. The summed E-state index contributed by atoms with van der Waals surface area (Å²) in [5.41, 5.74) is 0.561. The van der Waals surface area contributed by atoms with E-state index >= 15 is 0 Å². The number of hydrogen-bond donors (Lipinski definition) is 3. The number of imide groups is 1. The molecular formula is C13H15N3O4S. The van der Waals surface area contributed by atoms with Gasteiger partial charge in [-0.3, -0.25) is 24.5 Å². The van der Waals surface area contributed by atoms with Gasteiger partial charge in [0.15, 0.2) is 0 Å². The first-order valence-corrected chi connectivity index (χ1v) is 7.44. The number of carbonyl (C=O) groups is 4. The van der Waals surface area contributed by atoms with Crippen molar-refractivity contribution < 1.29 is 19.2 Å². The van der Waals surface area contributed by atoms with E-state index in [1.54, 1.807) is 16.8 Å². The molecule has 4 amide bonds. The minimum Gasteiger partial charge on any atom is -0.351 e. The summed E-state index contributed by atoms with van der Waals surface area (Å²) >= 11 is 1.42. The van der Waals surface area contributed by atoms with Gasteiger partial charge < -0.3 is 10.6 Å². The fraction of sp³-hybridized carbons (Fsp3) is 0.385. The number of hydrogen-bond acceptors (Lipinski definition) is 5. The summed E-state index contributed by atoms with van der Waals surface area (Å²) < 4.78 is 0. The van der Waals surface area contributed by atoms with Gasteiger partial charge in [0.1, 0.15) is 6.04 Å². The monoisotopic (exact) mass is 309 g/mol. The van der Waals surface area contributed by atoms with Gasteiger partial charge in [0.2, 0.25) is 17.7 Å². The second-order valence-electron chi connectivity index (χ2n) is 4.59. The van der Waals surface area contributed by atoms with Gasteiger partial charge in [-0.2, -0.15) is 11.3 Å². The van der Waals surface area contributed by atoms with E-state index in [1.165, 1.54) is 11.3 Å². The molecule has 0 radical (unpaired) electrons. The van der Waals surface area contributed by atoms with E-state index in [4.69, 9.17) is 0 Å². The Morgan fingerprint density at radius 1 is 1.38 bits per heavy atom. The van der Waals surface area contributed by atoms with Crippen LogP contribution in [-0.4, -0.2) is 36.2 Å². The highest BCUT2D eigenvalue weighted by atomic mass is 32.1. The van der Waals surface area contributed by atoms with E-state index < -0.39 is 11.9 Å². The van der Waals surface area contributed by atoms with Crippen LogP contribution in [0.2, 0.25) is 0 Å². The van der Waals surface area contributed by atoms with Crippen LogP contribution in [-0.2, 0) is 14.4 Å². The van der Waals surface area contributed by atoms with Crippen molar-refractivity contribution in [3.63, 3.8) is 0 Å². The Hall–Kier alpha value is -2.22. The summed E-state index contributed by atoms with van der Waals surface area (Å²) in [4.78, 5) is 45.7. The van der Waals surface area contributed by atoms with E-state index in [-0.39, 0.29) is 37.1 Å². The first-order valence-electron chi connectivity index (χ1n) is 6.49. The van der Waals surface area contributed by atoms with Gasteiger partial charge in [-0.15, -0.1) is 0 Å². The van der Waals surface area contributed by atoms with Crippen LogP contribution in [0.15, 0.2) is 16.8 Å². The average Bonchev–Trinajstić information content (AvgIpc) is 2.96. The zero-order chi connectivity index (χ0) is 15.2. The minimum atomic E-state index is -0.678. The van der Waals surface area contributed by atoms with Crippen LogP contribution in [0.25, 0.3) is 0 Å². The van der Waals surface area contributed by atoms with Crippen LogP contribution >= 0.6 is 11.3 Å². The maximum absolute atomic E-state index is 11.7. The number of amides is 4. The molecule has 1 fully saturated rings. The summed E-state index contributed by atoms with van der Waals surface area (Å²) in [7, 11) is 0. The van der Waals surface area contributed by atoms with Crippen molar-refractivity contribution in [3.05, 3.63) is 22.4 Å². The Balaban J connectivity index is 1.69. The summed E-state index contributed by atoms with van der Waals surface area (Å²) in [6, 6.07) is 1.02. The van der Waals surface area contributed by atoms with Crippen molar-refractivity contribution in [1.82, 2.24) is 16.0 Å². The highest BCUT2D eigenvalue weighted by Gasteiger charge is 2.27. The van der Waals surface area contributed by atoms with Crippen LogP contribution in [0.3, 0.4) is 0 Å². The predicted octanol–water partition coefficient (Wildman–Crippen LogP) is -0.211. The number of piperidine rings is 1. The smallest absolute Gasteiger partial charge is 0.252 e. The first-order chi connectivity index (χ1) is 10.1. The van der Waals surface area contributed by atoms with Crippen molar-refractivity contribution >= 4 is 35.0 Å². The Kier molecular flexibility index (Phi) is 5.04. The lowest BCUT2D eigenvalue weighted by molar-refractivity contribution is -0.137. The zero-order valence-corrected chi connectivity index (χ0v) is 12.0. The van der Waals surface area contributed by atoms with E-state index in [0.29, 0.717) is 12.0 Å². The van der Waals surface area contributed by atoms with Crippen LogP contribution in [0.1, 0.15) is 29.6 Å². The second kappa shape index (κ2) is 6.98. The highest BCUT2D eigenvalue weighted by molar-refractivity contribution is 7.08. The normalized spacial score (nSPS) is 18.0. The highest BCUT2D eigenvalue weighted by Crippen LogP contribution is 2.06. The standard InChI is InChI=1S/C13H15N3O4S/c17-10-2-1-9(13(20)16-10)15-11(18)3-5-14-12(19)8-4-6-21-7-8/h4,6-7,9H,1-3,5H2,(H,14,19)(H,15,18)(H,16,17,20). The maximum atomic E-state index is 11.7. The largest absolute Gasteiger partial charge is 0.351 e. The van der Waals surface area contributed by atoms with Gasteiger partial charge in [-0.1, -0.05) is 0 Å². The Morgan fingerprint density at radius 3 is 2.86 bits per heavy atom. The summed E-state index contributed by atoms with van der Waals surface area (Å²) in [5, 5.41) is 10.9. The molecule has 1 aliphatic rings. The predicted molar refractivity (Wildman–Crippen MR) is 75.6 cm³/mol. The van der Waals surface area contributed by atoms with E-state index in [1.807, 2.05) is 0 Å². The van der Waals surface area contributed by atoms with Gasteiger partial charge in [0.25, 0.3) is 5.91 Å². The Bertz CT molecular complexity index is 556. The van der Waals surface area contributed by atoms with E-state index in [2.05, 4.69) is 16.0 Å². The third-order valence-electron chi connectivity index (χ3n) is 3.00. The van der Waals surface area contributed by atoms with Crippen molar-refractivity contribution in [2.45, 2.75) is 25.3 Å². The maximum Gasteiger partial charge on any atom is 0.252 e. The molecule has 1 aromatic rings. The van der Waals surface area contributed by atoms with Gasteiger partial charge in [0, 0.05) is 30.3 Å². The van der Waals surface area contributed by atoms with E-state index in [9.17, 15) is 19.2 Å². The SMILES string of the molecule is O=C1CCC(NC(=O)CCNC(=O)c2ccsc2)C(=O)N1. The zero-order valence-electron chi connectivity index (χ0n) is 11.2. The lowest BCUT2D eigenvalue weighted by Gasteiger charge is -2.21. The summed E-state index contributed by atoms with van der Waals surface area (Å²) in [6.45, 7) is 0.188. The van der Waals surface area contributed by atoms with Crippen molar-refractivity contribution in [1.29, 1.82) is 0 Å². The molecule has 1 aliphatic heterocycles. The van der Waals surface area contributed by atoms with Crippen LogP contribution in [0.4, 0.5) is 0 Å². The number of nitrogens with one attached hydrogen (secondary N) is 3. The number of rotatable bonds is 5. The molecule has 0 aromatic carbocycles. The first kappa shape index (κ1) is 15.2. The van der Waals surface area contributed by atoms with Crippen LogP contribution in [0.5, 0.6) is 0 Å². The molecule has 1 aromatic heterocycles. The fourth-order valence-corrected chi connectivity index (χ4v) is 2.52. The van der Waals surface area contributed by atoms with Gasteiger partial charge in [-0.25, -0.2) is 0 Å². The fourth-order valence-electron chi connectivity index (χ4n) is 1.88. The molecule has 0 bridgehead atoms. The Labute approximate surface area is 125 Å². The minimum absolute atomic E-state index is 0.0770. The summed E-state index contributed by atoms with van der Waals surface area (Å²) in [5.74, 6) is -1.38. The molecule has 21 heavy (non-hydrogen) atoms. The topological polar surface area (TPSA) is 104 Å². The third-order valence-corrected chi connectivity index (χ3v) is 3.68. The van der Waals surface area contributed by atoms with Crippen molar-refractivity contribution in [3.8, 4) is 0 Å². The summed E-state index contributed by atoms with van der Waals surface area (Å²) in [6.07, 6.45) is 0.594. The molecule has 2 rings (SSSR count). The molecule has 8 heteroatoms. The number of thiophene rings is 1. The van der Waals surface area contributed by atoms with Gasteiger partial charge in [0.05, 0.1) is 0 Å². The van der Waals surface area contributed by atoms with Crippen LogP contribution in [0, 0.1) is 0 Å². The molecule has 1 unspecified atom stereocenters. The van der Waals surface area contributed by atoms with E-state index in [0.717, 1.165) is 0 Å². The number of carbonyl (C=O) groups excluding carboxylic acids is 4. The molecule has 2 heterocycles. The van der Waals surface area contributed by atoms with Gasteiger partial charge in [-0.05, 0) is 17.9 Å². The van der Waals surface area contributed by atoms with Crippen LogP contribution < -0.4 is 16.0 Å². The molecule has 0 saturated carbocycles. The Morgan fingerprint density at radius 2 is 2.19 bits per heavy atom. The molecule has 1 saturated heterocycles. The molecule has 1 atom stereocenters. The lowest BCUT2D eigenvalue weighted by atomic mass is 10.1. The molecule has 0 spiro atoms. The quantitative estimate of drug-likeness (QED) is 0.655. The van der Waals surface area contributed by atoms with Gasteiger partial charge >= 0.3 is 0 Å². The molecule has 0 aliphatic carbocycles. The molecule has 112 valence electrons. The molecule has 3 N–H and O–H groups in total. The third kappa shape index (κ3) is 4.38. The average molecular weight is 309 g/mol.